The van der Waals surface area contributed by atoms with Gasteiger partial charge in [-0.3, -0.25) is 9.10 Å². The van der Waals surface area contributed by atoms with E-state index in [4.69, 9.17) is 0 Å². The number of hydrogen-bond donors (Lipinski definition) is 1. The predicted molar refractivity (Wildman–Crippen MR) is 133 cm³/mol. The first-order valence-corrected chi connectivity index (χ1v) is 14.0. The standard InChI is InChI=1S/C25H28N2O5S2/c1-18-10-11-19(2)24(16-18)27(34(31,32)23-8-6-5-7-9-23)17-25(28)26-20(3)21-12-14-22(15-13-21)33(4,29)30/h5-16,20H,17H2,1-4H3,(H,26,28). The molecular formula is C25H28N2O5S2. The molecule has 1 atom stereocenters. The fourth-order valence-corrected chi connectivity index (χ4v) is 5.64. The monoisotopic (exact) mass is 500 g/mol. The average molecular weight is 501 g/mol. The zero-order valence-electron chi connectivity index (χ0n) is 19.5. The molecule has 3 aromatic carbocycles. The maximum Gasteiger partial charge on any atom is 0.264 e. The Morgan fingerprint density at radius 3 is 2.09 bits per heavy atom. The molecule has 0 bridgehead atoms. The summed E-state index contributed by atoms with van der Waals surface area (Å²) >= 11 is 0. The van der Waals surface area contributed by atoms with Crippen LogP contribution >= 0.6 is 0 Å². The van der Waals surface area contributed by atoms with Gasteiger partial charge >= 0.3 is 0 Å². The number of nitrogens with one attached hydrogen (secondary N) is 1. The van der Waals surface area contributed by atoms with Crippen LogP contribution in [-0.2, 0) is 24.7 Å². The topological polar surface area (TPSA) is 101 Å². The number of anilines is 1. The zero-order chi connectivity index (χ0) is 25.1. The van der Waals surface area contributed by atoms with Gasteiger partial charge in [0.15, 0.2) is 9.84 Å². The largest absolute Gasteiger partial charge is 0.348 e. The molecule has 1 unspecified atom stereocenters. The molecule has 7 nitrogen and oxygen atoms in total. The number of carbonyl (C=O) groups is 1. The van der Waals surface area contributed by atoms with Gasteiger partial charge in [0.1, 0.15) is 6.54 Å². The molecule has 0 spiro atoms. The first kappa shape index (κ1) is 25.5. The zero-order valence-corrected chi connectivity index (χ0v) is 21.2. The number of nitrogens with zero attached hydrogens (tertiary/aromatic N) is 1. The van der Waals surface area contributed by atoms with Gasteiger partial charge in [0, 0.05) is 6.26 Å². The maximum absolute atomic E-state index is 13.5. The van der Waals surface area contributed by atoms with E-state index in [1.165, 1.54) is 24.3 Å². The van der Waals surface area contributed by atoms with Crippen LogP contribution in [0.15, 0.2) is 82.6 Å². The summed E-state index contributed by atoms with van der Waals surface area (Å²) in [5.74, 6) is -0.486. The van der Waals surface area contributed by atoms with E-state index in [9.17, 15) is 21.6 Å². The van der Waals surface area contributed by atoms with Gasteiger partial charge in [-0.15, -0.1) is 0 Å². The van der Waals surface area contributed by atoms with Crippen LogP contribution in [0.2, 0.25) is 0 Å². The Balaban J connectivity index is 1.89. The van der Waals surface area contributed by atoms with E-state index in [0.29, 0.717) is 11.3 Å². The molecule has 3 rings (SSSR count). The molecule has 3 aromatic rings. The second-order valence-electron chi connectivity index (χ2n) is 8.25. The van der Waals surface area contributed by atoms with Crippen molar-refractivity contribution in [3.63, 3.8) is 0 Å². The van der Waals surface area contributed by atoms with Crippen molar-refractivity contribution in [3.8, 4) is 0 Å². The number of hydrogen-bond acceptors (Lipinski definition) is 5. The Kier molecular flexibility index (Phi) is 7.48. The Bertz CT molecular complexity index is 1380. The van der Waals surface area contributed by atoms with Gasteiger partial charge < -0.3 is 5.32 Å². The normalized spacial score (nSPS) is 12.7. The van der Waals surface area contributed by atoms with Gasteiger partial charge in [-0.1, -0.05) is 42.5 Å². The van der Waals surface area contributed by atoms with Crippen molar-refractivity contribution < 1.29 is 21.6 Å². The van der Waals surface area contributed by atoms with Crippen LogP contribution in [-0.4, -0.2) is 35.5 Å². The SMILES string of the molecule is Cc1ccc(C)c(N(CC(=O)NC(C)c2ccc(S(C)(=O)=O)cc2)S(=O)(=O)c2ccccc2)c1. The lowest BCUT2D eigenvalue weighted by Crippen LogP contribution is -2.42. The molecule has 0 aliphatic heterocycles. The second-order valence-corrected chi connectivity index (χ2v) is 12.1. The highest BCUT2D eigenvalue weighted by Crippen LogP contribution is 2.28. The third kappa shape index (κ3) is 5.84. The van der Waals surface area contributed by atoms with Gasteiger partial charge in [-0.2, -0.15) is 0 Å². The highest BCUT2D eigenvalue weighted by molar-refractivity contribution is 7.93. The molecule has 180 valence electrons. The van der Waals surface area contributed by atoms with Crippen molar-refractivity contribution in [2.24, 2.45) is 0 Å². The number of aryl methyl sites for hydroxylation is 2. The fraction of sp³-hybridized carbons (Fsp3) is 0.240. The molecular weight excluding hydrogens is 472 g/mol. The lowest BCUT2D eigenvalue weighted by molar-refractivity contribution is -0.120. The first-order valence-electron chi connectivity index (χ1n) is 10.6. The molecule has 0 aliphatic rings. The molecule has 0 radical (unpaired) electrons. The Morgan fingerprint density at radius 1 is 0.882 bits per heavy atom. The summed E-state index contributed by atoms with van der Waals surface area (Å²) in [4.78, 5) is 13.3. The summed E-state index contributed by atoms with van der Waals surface area (Å²) in [7, 11) is -7.33. The third-order valence-corrected chi connectivity index (χ3v) is 8.34. The van der Waals surface area contributed by atoms with Crippen LogP contribution in [0.1, 0.15) is 29.7 Å². The first-order chi connectivity index (χ1) is 15.9. The van der Waals surface area contributed by atoms with Crippen molar-refractivity contribution in [2.45, 2.75) is 36.6 Å². The van der Waals surface area contributed by atoms with Gasteiger partial charge in [-0.25, -0.2) is 16.8 Å². The van der Waals surface area contributed by atoms with E-state index >= 15 is 0 Å². The summed E-state index contributed by atoms with van der Waals surface area (Å²) in [5.41, 5.74) is 2.73. The van der Waals surface area contributed by atoms with E-state index < -0.39 is 38.4 Å². The van der Waals surface area contributed by atoms with Gasteiger partial charge in [0.25, 0.3) is 10.0 Å². The molecule has 34 heavy (non-hydrogen) atoms. The van der Waals surface area contributed by atoms with Gasteiger partial charge in [0.2, 0.25) is 5.91 Å². The number of carbonyl (C=O) groups excluding carboxylic acids is 1. The number of sulfonamides is 1. The molecule has 0 aliphatic carbocycles. The Hall–Kier alpha value is -3.17. The summed E-state index contributed by atoms with van der Waals surface area (Å²) < 4.78 is 51.5. The van der Waals surface area contributed by atoms with Gasteiger partial charge in [0.05, 0.1) is 21.5 Å². The minimum atomic E-state index is -4.01. The third-order valence-electron chi connectivity index (χ3n) is 5.44. The van der Waals surface area contributed by atoms with Crippen LogP contribution in [0.4, 0.5) is 5.69 Å². The quantitative estimate of drug-likeness (QED) is 0.507. The summed E-state index contributed by atoms with van der Waals surface area (Å²) in [6.07, 6.45) is 1.13. The van der Waals surface area contributed by atoms with Crippen molar-refractivity contribution in [2.75, 3.05) is 17.1 Å². The van der Waals surface area contributed by atoms with Crippen molar-refractivity contribution in [1.82, 2.24) is 5.32 Å². The number of rotatable bonds is 8. The summed E-state index contributed by atoms with van der Waals surface area (Å²) in [5, 5.41) is 2.82. The molecule has 1 amide bonds. The van der Waals surface area contributed by atoms with Crippen molar-refractivity contribution in [1.29, 1.82) is 0 Å². The van der Waals surface area contributed by atoms with Crippen LogP contribution < -0.4 is 9.62 Å². The minimum Gasteiger partial charge on any atom is -0.348 e. The van der Waals surface area contributed by atoms with E-state index in [0.717, 1.165) is 21.7 Å². The predicted octanol–water partition coefficient (Wildman–Crippen LogP) is 3.78. The number of benzene rings is 3. The lowest BCUT2D eigenvalue weighted by atomic mass is 10.1. The summed E-state index contributed by atoms with van der Waals surface area (Å²) in [6.45, 7) is 5.00. The van der Waals surface area contributed by atoms with Crippen LogP contribution in [0.3, 0.4) is 0 Å². The molecule has 9 heteroatoms. The second kappa shape index (κ2) is 9.99. The fourth-order valence-electron chi connectivity index (χ4n) is 3.51. The smallest absolute Gasteiger partial charge is 0.264 e. The summed E-state index contributed by atoms with van der Waals surface area (Å²) in [6, 6.07) is 19.2. The van der Waals surface area contributed by atoms with Crippen LogP contribution in [0, 0.1) is 13.8 Å². The number of amides is 1. The molecule has 0 saturated heterocycles. The van der Waals surface area contributed by atoms with Crippen molar-refractivity contribution in [3.05, 3.63) is 89.5 Å². The Morgan fingerprint density at radius 2 is 1.50 bits per heavy atom. The maximum atomic E-state index is 13.5. The van der Waals surface area contributed by atoms with E-state index in [1.807, 2.05) is 19.1 Å². The molecule has 1 N–H and O–H groups in total. The van der Waals surface area contributed by atoms with Crippen LogP contribution in [0.5, 0.6) is 0 Å². The van der Waals surface area contributed by atoms with E-state index in [2.05, 4.69) is 5.32 Å². The highest BCUT2D eigenvalue weighted by Gasteiger charge is 2.28. The van der Waals surface area contributed by atoms with E-state index in [-0.39, 0.29) is 9.79 Å². The number of sulfone groups is 1. The minimum absolute atomic E-state index is 0.0909. The lowest BCUT2D eigenvalue weighted by Gasteiger charge is -2.27. The van der Waals surface area contributed by atoms with E-state index in [1.54, 1.807) is 50.2 Å². The van der Waals surface area contributed by atoms with Crippen LogP contribution in [0.25, 0.3) is 0 Å². The molecule has 0 heterocycles. The molecule has 0 saturated carbocycles. The Labute approximate surface area is 201 Å². The highest BCUT2D eigenvalue weighted by atomic mass is 32.2. The molecule has 0 fully saturated rings. The van der Waals surface area contributed by atoms with Gasteiger partial charge in [-0.05, 0) is 67.8 Å². The average Bonchev–Trinajstić information content (AvgIpc) is 2.79. The van der Waals surface area contributed by atoms with Crippen molar-refractivity contribution >= 4 is 31.5 Å². The molecule has 0 aromatic heterocycles.